The average Bonchev–Trinajstić information content (AvgIpc) is 2.98. The Labute approximate surface area is 156 Å². The Kier molecular flexibility index (Phi) is 4.66. The van der Waals surface area contributed by atoms with Crippen LogP contribution in [-0.2, 0) is 15.4 Å². The second-order valence-electron chi connectivity index (χ2n) is 7.17. The highest BCUT2D eigenvalue weighted by molar-refractivity contribution is 7.89. The highest BCUT2D eigenvalue weighted by atomic mass is 35.5. The van der Waals surface area contributed by atoms with Gasteiger partial charge in [-0.2, -0.15) is 4.31 Å². The molecule has 0 radical (unpaired) electrons. The van der Waals surface area contributed by atoms with E-state index in [0.29, 0.717) is 11.4 Å². The van der Waals surface area contributed by atoms with Crippen molar-refractivity contribution >= 4 is 38.8 Å². The zero-order valence-corrected chi connectivity index (χ0v) is 16.3. The van der Waals surface area contributed by atoms with E-state index in [1.165, 1.54) is 15.3 Å². The molecule has 1 aliphatic rings. The van der Waals surface area contributed by atoms with Gasteiger partial charge in [0.1, 0.15) is 10.4 Å². The maximum absolute atomic E-state index is 13.1. The van der Waals surface area contributed by atoms with Gasteiger partial charge in [-0.1, -0.05) is 32.4 Å². The summed E-state index contributed by atoms with van der Waals surface area (Å²) in [5.74, 6) is 0.418. The molecule has 142 valence electrons. The van der Waals surface area contributed by atoms with Gasteiger partial charge in [-0.3, -0.25) is 0 Å². The molecule has 1 aromatic carbocycles. The minimum atomic E-state index is -3.95. The molecule has 0 spiro atoms. The van der Waals surface area contributed by atoms with Gasteiger partial charge < -0.3 is 14.4 Å². The fourth-order valence-electron chi connectivity index (χ4n) is 2.75. The van der Waals surface area contributed by atoms with Crippen LogP contribution in [0.4, 0.5) is 4.79 Å². The topological polar surface area (TPSA) is 104 Å². The molecule has 1 N–H and O–H groups in total. The van der Waals surface area contributed by atoms with Gasteiger partial charge in [0.15, 0.2) is 5.58 Å². The van der Waals surface area contributed by atoms with E-state index in [1.54, 1.807) is 6.07 Å². The summed E-state index contributed by atoms with van der Waals surface area (Å²) in [6, 6.07) is 3.11. The van der Waals surface area contributed by atoms with Crippen molar-refractivity contribution in [2.75, 3.05) is 26.2 Å². The number of piperazine rings is 1. The summed E-state index contributed by atoms with van der Waals surface area (Å²) in [6.45, 7) is 6.07. The molecule has 1 aliphatic heterocycles. The van der Waals surface area contributed by atoms with Crippen LogP contribution in [0, 0.1) is 0 Å². The number of carbonyl (C=O) groups is 1. The van der Waals surface area contributed by atoms with Crippen molar-refractivity contribution in [1.82, 2.24) is 14.2 Å². The van der Waals surface area contributed by atoms with Crippen molar-refractivity contribution in [3.8, 4) is 0 Å². The van der Waals surface area contributed by atoms with Gasteiger partial charge in [0.2, 0.25) is 15.9 Å². The molecule has 10 heteroatoms. The Morgan fingerprint density at radius 3 is 2.38 bits per heavy atom. The largest absolute Gasteiger partial charge is 0.465 e. The summed E-state index contributed by atoms with van der Waals surface area (Å²) in [7, 11) is -3.95. The number of amides is 1. The maximum Gasteiger partial charge on any atom is 0.407 e. The lowest BCUT2D eigenvalue weighted by atomic mass is 9.97. The minimum absolute atomic E-state index is 0.0507. The molecule has 2 aromatic rings. The quantitative estimate of drug-likeness (QED) is 0.829. The Balaban J connectivity index is 2.05. The number of halogens is 1. The first-order valence-electron chi connectivity index (χ1n) is 8.09. The third kappa shape index (κ3) is 3.26. The molecule has 1 fully saturated rings. The number of rotatable bonds is 2. The van der Waals surface area contributed by atoms with Gasteiger partial charge in [0, 0.05) is 31.6 Å². The number of hydrogen-bond donors (Lipinski definition) is 1. The lowest BCUT2D eigenvalue weighted by Gasteiger charge is -2.32. The molecule has 0 unspecified atom stereocenters. The van der Waals surface area contributed by atoms with Crippen molar-refractivity contribution in [3.05, 3.63) is 23.0 Å². The van der Waals surface area contributed by atoms with Gasteiger partial charge in [-0.05, 0) is 12.1 Å². The average molecular weight is 402 g/mol. The Morgan fingerprint density at radius 2 is 1.85 bits per heavy atom. The zero-order valence-electron chi connectivity index (χ0n) is 14.7. The molecule has 0 saturated carbocycles. The Bertz CT molecular complexity index is 956. The smallest absolute Gasteiger partial charge is 0.407 e. The van der Waals surface area contributed by atoms with E-state index in [9.17, 15) is 13.2 Å². The Morgan fingerprint density at radius 1 is 1.23 bits per heavy atom. The number of benzene rings is 1. The van der Waals surface area contributed by atoms with E-state index >= 15 is 0 Å². The van der Waals surface area contributed by atoms with E-state index in [1.807, 2.05) is 20.8 Å². The van der Waals surface area contributed by atoms with E-state index < -0.39 is 16.1 Å². The van der Waals surface area contributed by atoms with Crippen LogP contribution in [0.25, 0.3) is 11.1 Å². The summed E-state index contributed by atoms with van der Waals surface area (Å²) in [6.07, 6.45) is -1.06. The minimum Gasteiger partial charge on any atom is -0.465 e. The van der Waals surface area contributed by atoms with Crippen LogP contribution in [0.1, 0.15) is 26.7 Å². The van der Waals surface area contributed by atoms with E-state index in [4.69, 9.17) is 21.1 Å². The second kappa shape index (κ2) is 6.40. The van der Waals surface area contributed by atoms with Crippen LogP contribution in [-0.4, -0.2) is 60.0 Å². The highest BCUT2D eigenvalue weighted by Gasteiger charge is 2.35. The molecule has 8 nitrogen and oxygen atoms in total. The van der Waals surface area contributed by atoms with Gasteiger partial charge in [-0.25, -0.2) is 18.2 Å². The van der Waals surface area contributed by atoms with E-state index in [2.05, 4.69) is 4.98 Å². The van der Waals surface area contributed by atoms with Crippen LogP contribution in [0.2, 0.25) is 5.02 Å². The summed E-state index contributed by atoms with van der Waals surface area (Å²) in [4.78, 5) is 16.5. The SMILES string of the molecule is CC(C)(C)c1nc2ccc(Cl)c(S(=O)(=O)N3CCN(C(=O)O)CC3)c2o1. The molecule has 3 rings (SSSR count). The van der Waals surface area contributed by atoms with Gasteiger partial charge >= 0.3 is 6.09 Å². The van der Waals surface area contributed by atoms with Crippen LogP contribution < -0.4 is 0 Å². The number of nitrogens with zero attached hydrogens (tertiary/aromatic N) is 3. The van der Waals surface area contributed by atoms with Crippen LogP contribution in [0.15, 0.2) is 21.4 Å². The third-order valence-electron chi connectivity index (χ3n) is 4.21. The maximum atomic E-state index is 13.1. The van der Waals surface area contributed by atoms with Crippen molar-refractivity contribution in [2.24, 2.45) is 0 Å². The van der Waals surface area contributed by atoms with Crippen LogP contribution in [0.5, 0.6) is 0 Å². The highest BCUT2D eigenvalue weighted by Crippen LogP contribution is 2.35. The van der Waals surface area contributed by atoms with Crippen molar-refractivity contribution in [2.45, 2.75) is 31.1 Å². The number of carboxylic acid groups (broad SMARTS) is 1. The molecule has 1 saturated heterocycles. The summed E-state index contributed by atoms with van der Waals surface area (Å²) >= 11 is 6.21. The molecule has 0 aliphatic carbocycles. The van der Waals surface area contributed by atoms with E-state index in [0.717, 1.165) is 0 Å². The Hall–Kier alpha value is -1.84. The number of hydrogen-bond acceptors (Lipinski definition) is 5. The number of aromatic nitrogens is 1. The molecule has 1 aromatic heterocycles. The van der Waals surface area contributed by atoms with Crippen LogP contribution in [0.3, 0.4) is 0 Å². The predicted molar refractivity (Wildman–Crippen MR) is 96.1 cm³/mol. The standard InChI is InChI=1S/C16H20ClN3O5S/c1-16(2,3)14-18-11-5-4-10(17)13(12(11)25-14)26(23,24)20-8-6-19(7-9-20)15(21)22/h4-5H,6-9H2,1-3H3,(H,21,22). The van der Waals surface area contributed by atoms with Crippen molar-refractivity contribution in [1.29, 1.82) is 0 Å². The first kappa shape index (κ1) is 18.9. The van der Waals surface area contributed by atoms with E-state index in [-0.39, 0.29) is 47.1 Å². The number of oxazole rings is 1. The first-order valence-corrected chi connectivity index (χ1v) is 9.91. The normalized spacial score (nSPS) is 17.0. The molecule has 1 amide bonds. The zero-order chi connectivity index (χ0) is 19.3. The fraction of sp³-hybridized carbons (Fsp3) is 0.500. The van der Waals surface area contributed by atoms with Gasteiger partial charge in [0.25, 0.3) is 0 Å². The van der Waals surface area contributed by atoms with Gasteiger partial charge in [-0.15, -0.1) is 0 Å². The van der Waals surface area contributed by atoms with Gasteiger partial charge in [0.05, 0.1) is 5.02 Å². The lowest BCUT2D eigenvalue weighted by Crippen LogP contribution is -2.50. The predicted octanol–water partition coefficient (Wildman–Crippen LogP) is 2.76. The lowest BCUT2D eigenvalue weighted by molar-refractivity contribution is 0.126. The summed E-state index contributed by atoms with van der Waals surface area (Å²) in [5.41, 5.74) is 0.157. The molecule has 0 atom stereocenters. The van der Waals surface area contributed by atoms with Crippen molar-refractivity contribution in [3.63, 3.8) is 0 Å². The number of fused-ring (bicyclic) bond motifs is 1. The summed E-state index contributed by atoms with van der Waals surface area (Å²) < 4.78 is 33.3. The van der Waals surface area contributed by atoms with Crippen molar-refractivity contribution < 1.29 is 22.7 Å². The first-order chi connectivity index (χ1) is 12.0. The molecular weight excluding hydrogens is 382 g/mol. The van der Waals surface area contributed by atoms with Crippen LogP contribution >= 0.6 is 11.6 Å². The monoisotopic (exact) mass is 401 g/mol. The molecule has 2 heterocycles. The third-order valence-corrected chi connectivity index (χ3v) is 6.61. The molecule has 26 heavy (non-hydrogen) atoms. The molecule has 0 bridgehead atoms. The second-order valence-corrected chi connectivity index (χ2v) is 9.45. The number of sulfonamides is 1. The summed E-state index contributed by atoms with van der Waals surface area (Å²) in [5, 5.41) is 9.07. The molecular formula is C16H20ClN3O5S. The fourth-order valence-corrected chi connectivity index (χ4v) is 4.79.